The molecule has 1 atom stereocenters. The zero-order chi connectivity index (χ0) is 18.0. The van der Waals surface area contributed by atoms with Gasteiger partial charge in [0.25, 0.3) is 0 Å². The number of allylic oxidation sites excluding steroid dienone is 1. The van der Waals surface area contributed by atoms with Crippen molar-refractivity contribution in [1.29, 1.82) is 0 Å². The maximum atomic E-state index is 12.7. The number of esters is 1. The maximum absolute atomic E-state index is 12.7. The topological polar surface area (TPSA) is 45.1 Å². The van der Waals surface area contributed by atoms with Gasteiger partial charge in [-0.25, -0.2) is 9.79 Å². The number of aliphatic imine (C=N–C) groups is 1. The van der Waals surface area contributed by atoms with Gasteiger partial charge in [-0.15, -0.1) is 0 Å². The molecule has 1 fully saturated rings. The van der Waals surface area contributed by atoms with Crippen LogP contribution >= 0.6 is 11.8 Å². The van der Waals surface area contributed by atoms with E-state index >= 15 is 0 Å². The van der Waals surface area contributed by atoms with Gasteiger partial charge < -0.3 is 14.5 Å². The second-order valence-corrected chi connectivity index (χ2v) is 7.46. The van der Waals surface area contributed by atoms with Crippen molar-refractivity contribution in [2.75, 3.05) is 37.9 Å². The molecule has 1 unspecified atom stereocenters. The van der Waals surface area contributed by atoms with Crippen LogP contribution in [0.2, 0.25) is 0 Å². The lowest BCUT2D eigenvalue weighted by Gasteiger charge is -2.40. The van der Waals surface area contributed by atoms with Crippen LogP contribution in [0.15, 0.2) is 40.5 Å². The van der Waals surface area contributed by atoms with Gasteiger partial charge in [0.05, 0.1) is 23.9 Å². The molecule has 0 aromatic heterocycles. The van der Waals surface area contributed by atoms with Crippen molar-refractivity contribution in [3.8, 4) is 0 Å². The Bertz CT molecular complexity index is 710. The molecule has 2 aliphatic heterocycles. The molecule has 0 saturated carbocycles. The molecule has 0 N–H and O–H groups in total. The van der Waals surface area contributed by atoms with E-state index in [-0.39, 0.29) is 12.0 Å². The van der Waals surface area contributed by atoms with E-state index in [0.29, 0.717) is 12.2 Å². The van der Waals surface area contributed by atoms with Crippen LogP contribution in [0.4, 0.5) is 5.69 Å². The molecule has 0 amide bonds. The molecule has 2 heterocycles. The SMILES string of the molecule is CCOC(=O)C1=C(C)N=C2SCCCN2C1c1ccc(N(C)C)cc1. The highest BCUT2D eigenvalue weighted by atomic mass is 32.2. The first-order valence-electron chi connectivity index (χ1n) is 8.66. The average Bonchev–Trinajstić information content (AvgIpc) is 2.60. The van der Waals surface area contributed by atoms with Crippen molar-refractivity contribution < 1.29 is 9.53 Å². The average molecular weight is 359 g/mol. The summed E-state index contributed by atoms with van der Waals surface area (Å²) in [4.78, 5) is 21.7. The van der Waals surface area contributed by atoms with Gasteiger partial charge in [0.1, 0.15) is 0 Å². The van der Waals surface area contributed by atoms with E-state index in [0.717, 1.165) is 40.8 Å². The summed E-state index contributed by atoms with van der Waals surface area (Å²) < 4.78 is 5.34. The van der Waals surface area contributed by atoms with Crippen molar-refractivity contribution >= 4 is 28.6 Å². The van der Waals surface area contributed by atoms with E-state index in [1.807, 2.05) is 27.9 Å². The van der Waals surface area contributed by atoms with Gasteiger partial charge >= 0.3 is 5.97 Å². The molecule has 25 heavy (non-hydrogen) atoms. The molecule has 6 heteroatoms. The van der Waals surface area contributed by atoms with Crippen LogP contribution in [0.1, 0.15) is 31.9 Å². The zero-order valence-electron chi connectivity index (χ0n) is 15.3. The molecule has 0 aliphatic carbocycles. The minimum atomic E-state index is -0.264. The van der Waals surface area contributed by atoms with Gasteiger partial charge in [0.15, 0.2) is 5.17 Å². The zero-order valence-corrected chi connectivity index (χ0v) is 16.1. The number of amidine groups is 1. The van der Waals surface area contributed by atoms with E-state index in [9.17, 15) is 4.79 Å². The third-order valence-corrected chi connectivity index (χ3v) is 5.56. The molecule has 3 rings (SSSR count). The number of carbonyl (C=O) groups is 1. The van der Waals surface area contributed by atoms with Crippen molar-refractivity contribution in [1.82, 2.24) is 4.90 Å². The standard InChI is InChI=1S/C19H25N3O2S/c1-5-24-18(23)16-13(2)20-19-22(11-6-12-25-19)17(16)14-7-9-15(10-8-14)21(3)4/h7-10,17H,5-6,11-12H2,1-4H3. The Morgan fingerprint density at radius 2 is 2.08 bits per heavy atom. The van der Waals surface area contributed by atoms with Gasteiger partial charge in [-0.05, 0) is 38.0 Å². The molecular formula is C19H25N3O2S. The predicted molar refractivity (Wildman–Crippen MR) is 104 cm³/mol. The third kappa shape index (κ3) is 3.54. The number of rotatable bonds is 4. The Morgan fingerprint density at radius 3 is 2.72 bits per heavy atom. The van der Waals surface area contributed by atoms with Crippen LogP contribution < -0.4 is 4.90 Å². The molecule has 0 radical (unpaired) electrons. The summed E-state index contributed by atoms with van der Waals surface area (Å²) in [6, 6.07) is 8.27. The van der Waals surface area contributed by atoms with E-state index in [2.05, 4.69) is 39.1 Å². The van der Waals surface area contributed by atoms with Crippen molar-refractivity contribution in [2.45, 2.75) is 26.3 Å². The maximum Gasteiger partial charge on any atom is 0.338 e. The summed E-state index contributed by atoms with van der Waals surface area (Å²) in [5, 5.41) is 1.01. The Hall–Kier alpha value is -1.95. The van der Waals surface area contributed by atoms with Crippen LogP contribution in [0.25, 0.3) is 0 Å². The Labute approximate surface area is 153 Å². The first kappa shape index (κ1) is 17.9. The Kier molecular flexibility index (Phi) is 5.37. The second kappa shape index (κ2) is 7.52. The van der Waals surface area contributed by atoms with Crippen LogP contribution in [-0.4, -0.2) is 49.0 Å². The minimum absolute atomic E-state index is 0.129. The number of nitrogens with zero attached hydrogens (tertiary/aromatic N) is 3. The fourth-order valence-electron chi connectivity index (χ4n) is 3.24. The van der Waals surface area contributed by atoms with E-state index in [1.165, 1.54) is 0 Å². The smallest absolute Gasteiger partial charge is 0.338 e. The molecule has 1 saturated heterocycles. The lowest BCUT2D eigenvalue weighted by atomic mass is 9.94. The highest BCUT2D eigenvalue weighted by Gasteiger charge is 2.37. The highest BCUT2D eigenvalue weighted by Crippen LogP contribution is 2.40. The molecule has 5 nitrogen and oxygen atoms in total. The number of ether oxygens (including phenoxy) is 1. The minimum Gasteiger partial charge on any atom is -0.463 e. The Balaban J connectivity index is 2.05. The number of hydrogen-bond acceptors (Lipinski definition) is 6. The fourth-order valence-corrected chi connectivity index (χ4v) is 4.26. The van der Waals surface area contributed by atoms with E-state index in [1.54, 1.807) is 11.8 Å². The number of fused-ring (bicyclic) bond motifs is 1. The van der Waals surface area contributed by atoms with Gasteiger partial charge in [0.2, 0.25) is 0 Å². The summed E-state index contributed by atoms with van der Waals surface area (Å²) in [6.45, 7) is 5.02. The number of hydrogen-bond donors (Lipinski definition) is 0. The lowest BCUT2D eigenvalue weighted by molar-refractivity contribution is -0.139. The van der Waals surface area contributed by atoms with Crippen LogP contribution in [0, 0.1) is 0 Å². The summed E-state index contributed by atoms with van der Waals surface area (Å²) in [5.41, 5.74) is 3.66. The predicted octanol–water partition coefficient (Wildman–Crippen LogP) is 3.44. The van der Waals surface area contributed by atoms with Gasteiger partial charge in [0, 0.05) is 32.1 Å². The van der Waals surface area contributed by atoms with Crippen LogP contribution in [0.3, 0.4) is 0 Å². The number of anilines is 1. The van der Waals surface area contributed by atoms with Gasteiger partial charge in [-0.3, -0.25) is 0 Å². The third-order valence-electron chi connectivity index (χ3n) is 4.48. The second-order valence-electron chi connectivity index (χ2n) is 6.40. The summed E-state index contributed by atoms with van der Waals surface area (Å²) in [5.74, 6) is 0.809. The first-order valence-corrected chi connectivity index (χ1v) is 9.64. The molecule has 0 bridgehead atoms. The molecule has 1 aromatic carbocycles. The van der Waals surface area contributed by atoms with Crippen LogP contribution in [0.5, 0.6) is 0 Å². The molecule has 2 aliphatic rings. The quantitative estimate of drug-likeness (QED) is 0.771. The summed E-state index contributed by atoms with van der Waals surface area (Å²) in [6.07, 6.45) is 1.09. The normalized spacial score (nSPS) is 20.1. The van der Waals surface area contributed by atoms with Gasteiger partial charge in [-0.2, -0.15) is 0 Å². The van der Waals surface area contributed by atoms with E-state index in [4.69, 9.17) is 4.74 Å². The van der Waals surface area contributed by atoms with Crippen molar-refractivity contribution in [3.63, 3.8) is 0 Å². The molecule has 134 valence electrons. The first-order chi connectivity index (χ1) is 12.0. The number of thioether (sulfide) groups is 1. The lowest BCUT2D eigenvalue weighted by Crippen LogP contribution is -2.42. The Morgan fingerprint density at radius 1 is 1.36 bits per heavy atom. The van der Waals surface area contributed by atoms with Crippen molar-refractivity contribution in [3.05, 3.63) is 41.1 Å². The molecule has 0 spiro atoms. The summed E-state index contributed by atoms with van der Waals surface area (Å²) in [7, 11) is 4.05. The van der Waals surface area contributed by atoms with Gasteiger partial charge in [-0.1, -0.05) is 23.9 Å². The monoisotopic (exact) mass is 359 g/mol. The van der Waals surface area contributed by atoms with Crippen LogP contribution in [-0.2, 0) is 9.53 Å². The summed E-state index contributed by atoms with van der Waals surface area (Å²) >= 11 is 1.77. The number of carbonyl (C=O) groups excluding carboxylic acids is 1. The van der Waals surface area contributed by atoms with E-state index < -0.39 is 0 Å². The highest BCUT2D eigenvalue weighted by molar-refractivity contribution is 8.13. The molecular weight excluding hydrogens is 334 g/mol. The number of benzene rings is 1. The molecule has 1 aromatic rings. The largest absolute Gasteiger partial charge is 0.463 e. The van der Waals surface area contributed by atoms with Crippen molar-refractivity contribution in [2.24, 2.45) is 4.99 Å². The fraction of sp³-hybridized carbons (Fsp3) is 0.474.